The van der Waals surface area contributed by atoms with Gasteiger partial charge >= 0.3 is 0 Å². The SMILES string of the molecule is CCN(CC)CC(O)COc1ccc2c(c1)c(C(C)=O)c(C)n2CC. The fourth-order valence-corrected chi connectivity index (χ4v) is 3.43. The number of benzene rings is 1. The topological polar surface area (TPSA) is 54.7 Å². The van der Waals surface area contributed by atoms with Crippen molar-refractivity contribution in [3.63, 3.8) is 0 Å². The maximum Gasteiger partial charge on any atom is 0.162 e. The molecule has 1 aromatic carbocycles. The molecule has 0 saturated heterocycles. The maximum atomic E-state index is 12.1. The summed E-state index contributed by atoms with van der Waals surface area (Å²) in [6, 6.07) is 5.81. The van der Waals surface area contributed by atoms with Crippen LogP contribution in [0.1, 0.15) is 43.7 Å². The summed E-state index contributed by atoms with van der Waals surface area (Å²) in [6.45, 7) is 13.3. The first-order valence-electron chi connectivity index (χ1n) is 9.09. The minimum absolute atomic E-state index is 0.0634. The Morgan fingerprint density at radius 1 is 1.28 bits per heavy atom. The van der Waals surface area contributed by atoms with Gasteiger partial charge < -0.3 is 19.3 Å². The summed E-state index contributed by atoms with van der Waals surface area (Å²) >= 11 is 0. The molecular formula is C20H30N2O3. The van der Waals surface area contributed by atoms with Crippen LogP contribution in [0.2, 0.25) is 0 Å². The number of aliphatic hydroxyl groups excluding tert-OH is 1. The molecule has 0 aliphatic carbocycles. The number of aryl methyl sites for hydroxylation is 1. The van der Waals surface area contributed by atoms with Gasteiger partial charge in [-0.05, 0) is 52.1 Å². The van der Waals surface area contributed by atoms with Gasteiger partial charge in [-0.25, -0.2) is 0 Å². The van der Waals surface area contributed by atoms with Gasteiger partial charge in [-0.15, -0.1) is 0 Å². The smallest absolute Gasteiger partial charge is 0.162 e. The number of nitrogens with zero attached hydrogens (tertiary/aromatic N) is 2. The van der Waals surface area contributed by atoms with Gasteiger partial charge in [0.1, 0.15) is 18.5 Å². The van der Waals surface area contributed by atoms with Crippen molar-refractivity contribution >= 4 is 16.7 Å². The predicted octanol–water partition coefficient (Wildman–Crippen LogP) is 3.25. The van der Waals surface area contributed by atoms with Gasteiger partial charge in [0.2, 0.25) is 0 Å². The Kier molecular flexibility index (Phi) is 6.62. The molecule has 25 heavy (non-hydrogen) atoms. The second-order valence-electron chi connectivity index (χ2n) is 6.39. The first-order chi connectivity index (χ1) is 11.9. The molecule has 138 valence electrons. The first-order valence-corrected chi connectivity index (χ1v) is 9.09. The average Bonchev–Trinajstić information content (AvgIpc) is 2.88. The van der Waals surface area contributed by atoms with Crippen molar-refractivity contribution < 1.29 is 14.6 Å². The van der Waals surface area contributed by atoms with E-state index in [1.807, 2.05) is 25.1 Å². The second kappa shape index (κ2) is 8.50. The zero-order valence-electron chi connectivity index (χ0n) is 16.0. The molecule has 0 saturated carbocycles. The van der Waals surface area contributed by atoms with Gasteiger partial charge in [-0.1, -0.05) is 13.8 Å². The quantitative estimate of drug-likeness (QED) is 0.708. The van der Waals surface area contributed by atoms with Gasteiger partial charge in [0.25, 0.3) is 0 Å². The van der Waals surface area contributed by atoms with Crippen LogP contribution in [-0.4, -0.2) is 52.7 Å². The lowest BCUT2D eigenvalue weighted by molar-refractivity contribution is 0.0717. The van der Waals surface area contributed by atoms with E-state index in [4.69, 9.17) is 4.74 Å². The van der Waals surface area contributed by atoms with Crippen molar-refractivity contribution in [3.05, 3.63) is 29.5 Å². The summed E-state index contributed by atoms with van der Waals surface area (Å²) in [4.78, 5) is 14.2. The van der Waals surface area contributed by atoms with Gasteiger partial charge in [-0.2, -0.15) is 0 Å². The number of ether oxygens (including phenoxy) is 1. The minimum Gasteiger partial charge on any atom is -0.491 e. The molecule has 1 N–H and O–H groups in total. The molecule has 0 bridgehead atoms. The monoisotopic (exact) mass is 346 g/mol. The van der Waals surface area contributed by atoms with E-state index in [9.17, 15) is 9.90 Å². The predicted molar refractivity (Wildman–Crippen MR) is 102 cm³/mol. The number of carbonyl (C=O) groups is 1. The summed E-state index contributed by atoms with van der Waals surface area (Å²) in [6.07, 6.45) is -0.537. The van der Waals surface area contributed by atoms with Crippen molar-refractivity contribution in [3.8, 4) is 5.75 Å². The van der Waals surface area contributed by atoms with Crippen LogP contribution in [0.15, 0.2) is 18.2 Å². The number of hydrogen-bond acceptors (Lipinski definition) is 4. The number of hydrogen-bond donors (Lipinski definition) is 1. The summed E-state index contributed by atoms with van der Waals surface area (Å²) in [5, 5.41) is 11.1. The Labute approximate surface area is 150 Å². The van der Waals surface area contributed by atoms with E-state index >= 15 is 0 Å². The molecule has 5 nitrogen and oxygen atoms in total. The zero-order valence-corrected chi connectivity index (χ0v) is 16.0. The Morgan fingerprint density at radius 3 is 2.52 bits per heavy atom. The lowest BCUT2D eigenvalue weighted by atomic mass is 10.1. The number of aliphatic hydroxyl groups is 1. The van der Waals surface area contributed by atoms with E-state index < -0.39 is 6.10 Å². The van der Waals surface area contributed by atoms with Crippen LogP contribution in [0.4, 0.5) is 0 Å². The van der Waals surface area contributed by atoms with E-state index in [1.54, 1.807) is 6.92 Å². The fraction of sp³-hybridized carbons (Fsp3) is 0.550. The van der Waals surface area contributed by atoms with Crippen LogP contribution in [-0.2, 0) is 6.54 Å². The normalized spacial score (nSPS) is 12.8. The lowest BCUT2D eigenvalue weighted by Crippen LogP contribution is -2.35. The van der Waals surface area contributed by atoms with Crippen LogP contribution in [0, 0.1) is 6.92 Å². The molecule has 1 atom stereocenters. The molecular weight excluding hydrogens is 316 g/mol. The highest BCUT2D eigenvalue weighted by Crippen LogP contribution is 2.29. The summed E-state index contributed by atoms with van der Waals surface area (Å²) in [7, 11) is 0. The standard InChI is InChI=1S/C20H30N2O3/c1-6-21(7-2)12-16(24)13-25-17-9-10-19-18(11-17)20(15(5)23)14(4)22(19)8-3/h9-11,16,24H,6-8,12-13H2,1-5H3. The van der Waals surface area contributed by atoms with E-state index in [2.05, 4.69) is 30.2 Å². The summed E-state index contributed by atoms with van der Waals surface area (Å²) in [5.74, 6) is 0.746. The second-order valence-corrected chi connectivity index (χ2v) is 6.39. The van der Waals surface area contributed by atoms with Crippen molar-refractivity contribution in [1.29, 1.82) is 0 Å². The Hall–Kier alpha value is -1.85. The van der Waals surface area contributed by atoms with E-state index in [1.165, 1.54) is 0 Å². The third-order valence-corrected chi connectivity index (χ3v) is 4.77. The summed E-state index contributed by atoms with van der Waals surface area (Å²) in [5.41, 5.74) is 2.79. The van der Waals surface area contributed by atoms with Crippen molar-refractivity contribution in [2.24, 2.45) is 0 Å². The molecule has 1 unspecified atom stereocenters. The molecule has 2 aromatic rings. The molecule has 0 aliphatic rings. The first kappa shape index (κ1) is 19.5. The molecule has 0 aliphatic heterocycles. The van der Waals surface area contributed by atoms with Crippen molar-refractivity contribution in [2.45, 2.75) is 47.3 Å². The van der Waals surface area contributed by atoms with E-state index in [0.29, 0.717) is 12.3 Å². The molecule has 0 fully saturated rings. The largest absolute Gasteiger partial charge is 0.491 e. The van der Waals surface area contributed by atoms with Gasteiger partial charge in [0.05, 0.1) is 0 Å². The number of aromatic nitrogens is 1. The lowest BCUT2D eigenvalue weighted by Gasteiger charge is -2.21. The van der Waals surface area contributed by atoms with Crippen LogP contribution in [0.3, 0.4) is 0 Å². The third kappa shape index (κ3) is 4.22. The van der Waals surface area contributed by atoms with Crippen LogP contribution in [0.25, 0.3) is 10.9 Å². The van der Waals surface area contributed by atoms with E-state index in [-0.39, 0.29) is 12.4 Å². The Morgan fingerprint density at radius 2 is 1.96 bits per heavy atom. The Balaban J connectivity index is 2.20. The van der Waals surface area contributed by atoms with Crippen molar-refractivity contribution in [2.75, 3.05) is 26.2 Å². The number of ketones is 1. The number of likely N-dealkylation sites (N-methyl/N-ethyl adjacent to an activating group) is 1. The summed E-state index contributed by atoms with van der Waals surface area (Å²) < 4.78 is 7.93. The van der Waals surface area contributed by atoms with Gasteiger partial charge in [0, 0.05) is 35.2 Å². The number of Topliss-reactive ketones (excluding diaryl/α,β-unsaturated/α-hetero) is 1. The van der Waals surface area contributed by atoms with Gasteiger partial charge in [-0.3, -0.25) is 4.79 Å². The molecule has 1 aromatic heterocycles. The number of fused-ring (bicyclic) bond motifs is 1. The van der Waals surface area contributed by atoms with Crippen LogP contribution >= 0.6 is 0 Å². The van der Waals surface area contributed by atoms with Crippen molar-refractivity contribution in [1.82, 2.24) is 9.47 Å². The maximum absolute atomic E-state index is 12.1. The van der Waals surface area contributed by atoms with Gasteiger partial charge in [0.15, 0.2) is 5.78 Å². The molecule has 5 heteroatoms. The highest BCUT2D eigenvalue weighted by molar-refractivity contribution is 6.08. The Bertz CT molecular complexity index is 732. The molecule has 1 heterocycles. The van der Waals surface area contributed by atoms with E-state index in [0.717, 1.165) is 41.8 Å². The molecule has 2 rings (SSSR count). The molecule has 0 spiro atoms. The third-order valence-electron chi connectivity index (χ3n) is 4.77. The highest BCUT2D eigenvalue weighted by atomic mass is 16.5. The van der Waals surface area contributed by atoms with Crippen LogP contribution in [0.5, 0.6) is 5.75 Å². The zero-order chi connectivity index (χ0) is 18.6. The molecule has 0 amide bonds. The van der Waals surface area contributed by atoms with Crippen LogP contribution < -0.4 is 4.74 Å². The minimum atomic E-state index is -0.537. The molecule has 0 radical (unpaired) electrons. The number of rotatable bonds is 9. The average molecular weight is 346 g/mol. The highest BCUT2D eigenvalue weighted by Gasteiger charge is 2.17. The number of carbonyl (C=O) groups excluding carboxylic acids is 1. The fourth-order valence-electron chi connectivity index (χ4n) is 3.43.